The molecule has 0 unspecified atom stereocenters. The topological polar surface area (TPSA) is 72.2 Å². The Morgan fingerprint density at radius 3 is 2.23 bits per heavy atom. The van der Waals surface area contributed by atoms with Crippen molar-refractivity contribution in [1.82, 2.24) is 5.32 Å². The number of halogens is 2. The predicted octanol–water partition coefficient (Wildman–Crippen LogP) is 3.97. The second-order valence-electron chi connectivity index (χ2n) is 5.89. The number of carbonyl (C=O) groups excluding carboxylic acids is 2. The van der Waals surface area contributed by atoms with Gasteiger partial charge < -0.3 is 11.1 Å². The van der Waals surface area contributed by atoms with Gasteiger partial charge in [0.2, 0.25) is 5.91 Å². The zero-order chi connectivity index (χ0) is 18.7. The first-order valence-electron chi connectivity index (χ1n) is 7.97. The second kappa shape index (κ2) is 7.77. The molecule has 4 nitrogen and oxygen atoms in total. The van der Waals surface area contributed by atoms with Crippen molar-refractivity contribution in [2.75, 3.05) is 0 Å². The number of hydrogen-bond acceptors (Lipinski definition) is 2. The summed E-state index contributed by atoms with van der Waals surface area (Å²) in [6.45, 7) is 0. The molecule has 0 heterocycles. The van der Waals surface area contributed by atoms with E-state index in [0.717, 1.165) is 10.8 Å². The molecule has 0 saturated carbocycles. The minimum atomic E-state index is -0.925. The number of hydrogen-bond donors (Lipinski definition) is 2. The van der Waals surface area contributed by atoms with Crippen LogP contribution in [0.4, 0.5) is 0 Å². The first-order valence-corrected chi connectivity index (χ1v) is 8.73. The molecule has 3 aromatic carbocycles. The number of nitrogens with two attached hydrogens (primary N) is 1. The van der Waals surface area contributed by atoms with Crippen molar-refractivity contribution < 1.29 is 9.59 Å². The van der Waals surface area contributed by atoms with Crippen LogP contribution < -0.4 is 11.1 Å². The molecular weight excluding hydrogens is 371 g/mol. The Kier molecular flexibility index (Phi) is 5.45. The highest BCUT2D eigenvalue weighted by molar-refractivity contribution is 6.36. The highest BCUT2D eigenvalue weighted by Gasteiger charge is 2.22. The number of rotatable bonds is 5. The van der Waals surface area contributed by atoms with Crippen molar-refractivity contribution >= 4 is 45.8 Å². The van der Waals surface area contributed by atoms with Crippen molar-refractivity contribution in [3.63, 3.8) is 0 Å². The van der Waals surface area contributed by atoms with E-state index in [4.69, 9.17) is 28.9 Å². The predicted molar refractivity (Wildman–Crippen MR) is 105 cm³/mol. The summed E-state index contributed by atoms with van der Waals surface area (Å²) in [5, 5.41) is 5.47. The van der Waals surface area contributed by atoms with Gasteiger partial charge >= 0.3 is 0 Å². The lowest BCUT2D eigenvalue weighted by atomic mass is 10.0. The third-order valence-corrected chi connectivity index (χ3v) is 4.84. The summed E-state index contributed by atoms with van der Waals surface area (Å²) in [6.07, 6.45) is 0.118. The summed E-state index contributed by atoms with van der Waals surface area (Å²) in [7, 11) is 0. The highest BCUT2D eigenvalue weighted by atomic mass is 35.5. The molecule has 2 amide bonds. The van der Waals surface area contributed by atoms with Crippen LogP contribution in [0.1, 0.15) is 15.9 Å². The highest BCUT2D eigenvalue weighted by Crippen LogP contribution is 2.25. The quantitative estimate of drug-likeness (QED) is 0.695. The smallest absolute Gasteiger partial charge is 0.251 e. The van der Waals surface area contributed by atoms with Gasteiger partial charge in [0.25, 0.3) is 5.91 Å². The maximum Gasteiger partial charge on any atom is 0.251 e. The third kappa shape index (κ3) is 3.98. The Morgan fingerprint density at radius 2 is 1.58 bits per heavy atom. The van der Waals surface area contributed by atoms with E-state index >= 15 is 0 Å². The van der Waals surface area contributed by atoms with Gasteiger partial charge in [0.05, 0.1) is 0 Å². The summed E-state index contributed by atoms with van der Waals surface area (Å²) in [4.78, 5) is 24.4. The lowest BCUT2D eigenvalue weighted by Gasteiger charge is -2.17. The van der Waals surface area contributed by atoms with Crippen LogP contribution in [0.5, 0.6) is 0 Å². The van der Waals surface area contributed by atoms with Crippen molar-refractivity contribution in [2.45, 2.75) is 12.5 Å². The molecule has 0 aliphatic heterocycles. The zero-order valence-corrected chi connectivity index (χ0v) is 15.2. The molecule has 0 spiro atoms. The normalized spacial score (nSPS) is 11.9. The van der Waals surface area contributed by atoms with Crippen LogP contribution in [-0.2, 0) is 11.2 Å². The molecule has 0 bridgehead atoms. The Balaban J connectivity index is 1.83. The SMILES string of the molecule is NC(=O)[C@@H](Cc1c(Cl)cccc1Cl)NC(=O)c1ccc2ccccc2c1. The van der Waals surface area contributed by atoms with Crippen LogP contribution in [0.25, 0.3) is 10.8 Å². The zero-order valence-electron chi connectivity index (χ0n) is 13.7. The average Bonchev–Trinajstić information content (AvgIpc) is 2.63. The molecule has 0 saturated heterocycles. The van der Waals surface area contributed by atoms with Gasteiger partial charge in [-0.25, -0.2) is 0 Å². The summed E-state index contributed by atoms with van der Waals surface area (Å²) >= 11 is 12.3. The van der Waals surface area contributed by atoms with Crippen molar-refractivity contribution in [3.8, 4) is 0 Å². The second-order valence-corrected chi connectivity index (χ2v) is 6.71. The van der Waals surface area contributed by atoms with Gasteiger partial charge in [-0.15, -0.1) is 0 Å². The van der Waals surface area contributed by atoms with E-state index in [0.29, 0.717) is 21.2 Å². The molecule has 0 radical (unpaired) electrons. The number of carbonyl (C=O) groups is 2. The monoisotopic (exact) mass is 386 g/mol. The molecule has 132 valence electrons. The molecule has 0 aliphatic carbocycles. The van der Waals surface area contributed by atoms with Crippen LogP contribution in [0, 0.1) is 0 Å². The molecule has 3 N–H and O–H groups in total. The fourth-order valence-electron chi connectivity index (χ4n) is 2.73. The van der Waals surface area contributed by atoms with Gasteiger partial charge in [0.15, 0.2) is 0 Å². The maximum absolute atomic E-state index is 12.6. The van der Waals surface area contributed by atoms with Crippen molar-refractivity contribution in [3.05, 3.63) is 81.8 Å². The molecule has 1 atom stereocenters. The van der Waals surface area contributed by atoms with Gasteiger partial charge in [-0.3, -0.25) is 9.59 Å². The van der Waals surface area contributed by atoms with Crippen molar-refractivity contribution in [1.29, 1.82) is 0 Å². The van der Waals surface area contributed by atoms with Crippen LogP contribution in [0.15, 0.2) is 60.7 Å². The van der Waals surface area contributed by atoms with Crippen molar-refractivity contribution in [2.24, 2.45) is 5.73 Å². The van der Waals surface area contributed by atoms with E-state index in [1.54, 1.807) is 30.3 Å². The lowest BCUT2D eigenvalue weighted by Crippen LogP contribution is -2.46. The molecule has 3 aromatic rings. The van der Waals surface area contributed by atoms with E-state index in [9.17, 15) is 9.59 Å². The third-order valence-electron chi connectivity index (χ3n) is 4.13. The number of fused-ring (bicyclic) bond motifs is 1. The van der Waals surface area contributed by atoms with Gasteiger partial charge in [-0.2, -0.15) is 0 Å². The average molecular weight is 387 g/mol. The summed E-state index contributed by atoms with van der Waals surface area (Å²) in [6, 6.07) is 17.2. The standard InChI is InChI=1S/C20H16Cl2N2O2/c21-16-6-3-7-17(22)15(16)11-18(19(23)25)24-20(26)14-9-8-12-4-1-2-5-13(12)10-14/h1-10,18H,11H2,(H2,23,25)(H,24,26)/t18-/m1/s1. The largest absolute Gasteiger partial charge is 0.368 e. The van der Waals surface area contributed by atoms with E-state index in [2.05, 4.69) is 5.32 Å². The summed E-state index contributed by atoms with van der Waals surface area (Å²) in [5.41, 5.74) is 6.47. The van der Waals surface area contributed by atoms with Gasteiger partial charge in [-0.05, 0) is 40.6 Å². The molecule has 6 heteroatoms. The number of benzene rings is 3. The lowest BCUT2D eigenvalue weighted by molar-refractivity contribution is -0.119. The molecule has 0 aromatic heterocycles. The van der Waals surface area contributed by atoms with Crippen LogP contribution in [0.3, 0.4) is 0 Å². The van der Waals surface area contributed by atoms with Gasteiger partial charge in [0.1, 0.15) is 6.04 Å². The Bertz CT molecular complexity index is 968. The minimum absolute atomic E-state index is 0.118. The molecule has 0 aliphatic rings. The molecule has 26 heavy (non-hydrogen) atoms. The van der Waals surface area contributed by atoms with Crippen LogP contribution in [0.2, 0.25) is 10.0 Å². The fourth-order valence-corrected chi connectivity index (χ4v) is 3.28. The first kappa shape index (κ1) is 18.2. The van der Waals surface area contributed by atoms with E-state index in [1.807, 2.05) is 30.3 Å². The van der Waals surface area contributed by atoms with E-state index < -0.39 is 11.9 Å². The number of primary amides is 1. The molecule has 3 rings (SSSR count). The van der Waals surface area contributed by atoms with Crippen LogP contribution in [-0.4, -0.2) is 17.9 Å². The van der Waals surface area contributed by atoms with Crippen LogP contribution >= 0.6 is 23.2 Å². The number of nitrogens with one attached hydrogen (secondary N) is 1. The number of amides is 2. The summed E-state index contributed by atoms with van der Waals surface area (Å²) in [5.74, 6) is -1.04. The Hall–Kier alpha value is -2.56. The summed E-state index contributed by atoms with van der Waals surface area (Å²) < 4.78 is 0. The fraction of sp³-hybridized carbons (Fsp3) is 0.100. The Morgan fingerprint density at radius 1 is 0.923 bits per heavy atom. The Labute approximate surface area is 160 Å². The van der Waals surface area contributed by atoms with E-state index in [-0.39, 0.29) is 12.3 Å². The van der Waals surface area contributed by atoms with Gasteiger partial charge in [-0.1, -0.05) is 59.6 Å². The van der Waals surface area contributed by atoms with Gasteiger partial charge in [0, 0.05) is 22.0 Å². The minimum Gasteiger partial charge on any atom is -0.368 e. The maximum atomic E-state index is 12.6. The molecule has 0 fully saturated rings. The first-order chi connectivity index (χ1) is 12.5. The molecular formula is C20H16Cl2N2O2. The van der Waals surface area contributed by atoms with E-state index in [1.165, 1.54) is 0 Å².